The number of rotatable bonds is 7. The van der Waals surface area contributed by atoms with Crippen LogP contribution in [0, 0.1) is 0 Å². The average molecular weight is 328 g/mol. The number of aliphatic hydroxyl groups excluding tert-OH is 1. The number of ether oxygens (including phenoxy) is 1. The van der Waals surface area contributed by atoms with Crippen LogP contribution < -0.4 is 15.0 Å². The largest absolute Gasteiger partial charge is 0.494 e. The zero-order valence-electron chi connectivity index (χ0n) is 14.3. The standard InChI is InChI=1S/C19H24N2O3/c1-4-24-17-11-7-15(8-12-17)19(23)20-13-18(22)14-5-9-16(10-6-14)21(2)3/h5-12,18,22H,4,13H2,1-3H3,(H,20,23). The first-order valence-electron chi connectivity index (χ1n) is 7.97. The number of hydrogen-bond donors (Lipinski definition) is 2. The maximum absolute atomic E-state index is 12.1. The molecule has 1 amide bonds. The first kappa shape index (κ1) is 17.8. The Morgan fingerprint density at radius 1 is 1.12 bits per heavy atom. The van der Waals surface area contributed by atoms with Crippen LogP contribution in [0.25, 0.3) is 0 Å². The first-order valence-corrected chi connectivity index (χ1v) is 7.97. The molecule has 2 rings (SSSR count). The van der Waals surface area contributed by atoms with Gasteiger partial charge in [0.2, 0.25) is 0 Å². The molecule has 0 aliphatic rings. The highest BCUT2D eigenvalue weighted by molar-refractivity contribution is 5.94. The van der Waals surface area contributed by atoms with E-state index in [2.05, 4.69) is 5.32 Å². The summed E-state index contributed by atoms with van der Waals surface area (Å²) < 4.78 is 5.35. The molecule has 0 heterocycles. The third kappa shape index (κ3) is 4.73. The summed E-state index contributed by atoms with van der Waals surface area (Å²) >= 11 is 0. The number of nitrogens with one attached hydrogen (secondary N) is 1. The van der Waals surface area contributed by atoms with Gasteiger partial charge in [0.15, 0.2) is 0 Å². The van der Waals surface area contributed by atoms with Gasteiger partial charge in [0, 0.05) is 31.9 Å². The molecule has 0 saturated heterocycles. The third-order valence-corrected chi connectivity index (χ3v) is 3.68. The summed E-state index contributed by atoms with van der Waals surface area (Å²) in [5.74, 6) is 0.511. The number of amides is 1. The fourth-order valence-electron chi connectivity index (χ4n) is 2.27. The Morgan fingerprint density at radius 2 is 1.75 bits per heavy atom. The molecule has 1 unspecified atom stereocenters. The van der Waals surface area contributed by atoms with Crippen LogP contribution in [0.3, 0.4) is 0 Å². The van der Waals surface area contributed by atoms with Crippen LogP contribution in [0.4, 0.5) is 5.69 Å². The van der Waals surface area contributed by atoms with Gasteiger partial charge in [-0.2, -0.15) is 0 Å². The molecule has 2 aromatic carbocycles. The lowest BCUT2D eigenvalue weighted by Crippen LogP contribution is -2.28. The highest BCUT2D eigenvalue weighted by Gasteiger charge is 2.11. The first-order chi connectivity index (χ1) is 11.5. The Morgan fingerprint density at radius 3 is 2.29 bits per heavy atom. The minimum absolute atomic E-state index is 0.160. The van der Waals surface area contributed by atoms with Crippen molar-refractivity contribution in [3.05, 3.63) is 59.7 Å². The molecule has 24 heavy (non-hydrogen) atoms. The fourth-order valence-corrected chi connectivity index (χ4v) is 2.27. The zero-order chi connectivity index (χ0) is 17.5. The molecule has 2 aromatic rings. The summed E-state index contributed by atoms with van der Waals surface area (Å²) in [6.07, 6.45) is -0.743. The highest BCUT2D eigenvalue weighted by atomic mass is 16.5. The Bertz CT molecular complexity index is 651. The van der Waals surface area contributed by atoms with E-state index in [1.54, 1.807) is 24.3 Å². The number of carbonyl (C=O) groups excluding carboxylic acids is 1. The van der Waals surface area contributed by atoms with Crippen molar-refractivity contribution in [3.8, 4) is 5.75 Å². The third-order valence-electron chi connectivity index (χ3n) is 3.68. The second kappa shape index (κ2) is 8.36. The van der Waals surface area contributed by atoms with Gasteiger partial charge in [0.05, 0.1) is 12.7 Å². The van der Waals surface area contributed by atoms with Crippen LogP contribution in [0.2, 0.25) is 0 Å². The summed E-state index contributed by atoms with van der Waals surface area (Å²) in [6.45, 7) is 2.66. The van der Waals surface area contributed by atoms with Crippen molar-refractivity contribution >= 4 is 11.6 Å². The van der Waals surface area contributed by atoms with E-state index in [1.807, 2.05) is 50.2 Å². The molecule has 5 heteroatoms. The van der Waals surface area contributed by atoms with Crippen molar-refractivity contribution in [2.24, 2.45) is 0 Å². The number of nitrogens with zero attached hydrogens (tertiary/aromatic N) is 1. The maximum atomic E-state index is 12.1. The number of benzene rings is 2. The molecule has 0 spiro atoms. The lowest BCUT2D eigenvalue weighted by molar-refractivity contribution is 0.0916. The number of anilines is 1. The van der Waals surface area contributed by atoms with E-state index in [1.165, 1.54) is 0 Å². The van der Waals surface area contributed by atoms with Crippen molar-refractivity contribution < 1.29 is 14.6 Å². The van der Waals surface area contributed by atoms with Crippen LogP contribution in [0.15, 0.2) is 48.5 Å². The van der Waals surface area contributed by atoms with Gasteiger partial charge in [-0.3, -0.25) is 4.79 Å². The molecule has 2 N–H and O–H groups in total. The lowest BCUT2D eigenvalue weighted by Gasteiger charge is -2.16. The molecular weight excluding hydrogens is 304 g/mol. The molecule has 0 bridgehead atoms. The number of aliphatic hydroxyl groups is 1. The van der Waals surface area contributed by atoms with Crippen molar-refractivity contribution in [2.75, 3.05) is 32.1 Å². The minimum Gasteiger partial charge on any atom is -0.494 e. The van der Waals surface area contributed by atoms with Crippen molar-refractivity contribution in [1.29, 1.82) is 0 Å². The van der Waals surface area contributed by atoms with E-state index in [4.69, 9.17) is 4.74 Å². The summed E-state index contributed by atoms with van der Waals surface area (Å²) in [7, 11) is 3.92. The predicted molar refractivity (Wildman–Crippen MR) is 95.7 cm³/mol. The summed E-state index contributed by atoms with van der Waals surface area (Å²) in [5, 5.41) is 13.0. The lowest BCUT2D eigenvalue weighted by atomic mass is 10.1. The molecule has 5 nitrogen and oxygen atoms in total. The van der Waals surface area contributed by atoms with Crippen LogP contribution in [-0.2, 0) is 0 Å². The van der Waals surface area contributed by atoms with Gasteiger partial charge in [-0.05, 0) is 48.9 Å². The second-order valence-electron chi connectivity index (χ2n) is 5.67. The molecule has 0 aliphatic heterocycles. The monoisotopic (exact) mass is 328 g/mol. The summed E-state index contributed by atoms with van der Waals surface area (Å²) in [6, 6.07) is 14.5. The smallest absolute Gasteiger partial charge is 0.251 e. The number of hydrogen-bond acceptors (Lipinski definition) is 4. The van der Waals surface area contributed by atoms with Crippen molar-refractivity contribution in [1.82, 2.24) is 5.32 Å². The Kier molecular flexibility index (Phi) is 6.21. The second-order valence-corrected chi connectivity index (χ2v) is 5.67. The topological polar surface area (TPSA) is 61.8 Å². The molecular formula is C19H24N2O3. The van der Waals surface area contributed by atoms with E-state index in [0.717, 1.165) is 17.0 Å². The van der Waals surface area contributed by atoms with Gasteiger partial charge in [-0.1, -0.05) is 12.1 Å². The Labute approximate surface area is 142 Å². The zero-order valence-corrected chi connectivity index (χ0v) is 14.3. The molecule has 0 fully saturated rings. The van der Waals surface area contributed by atoms with Gasteiger partial charge in [0.25, 0.3) is 5.91 Å². The fraction of sp³-hybridized carbons (Fsp3) is 0.316. The molecule has 1 atom stereocenters. The molecule has 0 aromatic heterocycles. The van der Waals surface area contributed by atoms with Crippen molar-refractivity contribution in [3.63, 3.8) is 0 Å². The van der Waals surface area contributed by atoms with E-state index < -0.39 is 6.10 Å². The Balaban J connectivity index is 1.90. The van der Waals surface area contributed by atoms with E-state index >= 15 is 0 Å². The van der Waals surface area contributed by atoms with Crippen LogP contribution in [0.1, 0.15) is 28.9 Å². The van der Waals surface area contributed by atoms with Gasteiger partial charge >= 0.3 is 0 Å². The minimum atomic E-state index is -0.743. The van der Waals surface area contributed by atoms with Crippen LogP contribution >= 0.6 is 0 Å². The van der Waals surface area contributed by atoms with Gasteiger partial charge in [-0.15, -0.1) is 0 Å². The Hall–Kier alpha value is -2.53. The molecule has 0 saturated carbocycles. The van der Waals surface area contributed by atoms with Gasteiger partial charge in [-0.25, -0.2) is 0 Å². The highest BCUT2D eigenvalue weighted by Crippen LogP contribution is 2.18. The van der Waals surface area contributed by atoms with Crippen LogP contribution in [0.5, 0.6) is 5.75 Å². The summed E-state index contributed by atoms with van der Waals surface area (Å²) in [5.41, 5.74) is 2.37. The average Bonchev–Trinajstić information content (AvgIpc) is 2.60. The maximum Gasteiger partial charge on any atom is 0.251 e. The molecule has 0 radical (unpaired) electrons. The molecule has 0 aliphatic carbocycles. The van der Waals surface area contributed by atoms with E-state index in [-0.39, 0.29) is 12.5 Å². The quantitative estimate of drug-likeness (QED) is 0.820. The predicted octanol–water partition coefficient (Wildman–Crippen LogP) is 2.61. The normalized spacial score (nSPS) is 11.7. The van der Waals surface area contributed by atoms with Gasteiger partial charge < -0.3 is 20.1 Å². The van der Waals surface area contributed by atoms with E-state index in [0.29, 0.717) is 12.2 Å². The SMILES string of the molecule is CCOc1ccc(C(=O)NCC(O)c2ccc(N(C)C)cc2)cc1. The van der Waals surface area contributed by atoms with Crippen LogP contribution in [-0.4, -0.2) is 38.3 Å². The van der Waals surface area contributed by atoms with E-state index in [9.17, 15) is 9.90 Å². The molecule has 128 valence electrons. The number of carbonyl (C=O) groups is 1. The van der Waals surface area contributed by atoms with Gasteiger partial charge in [0.1, 0.15) is 5.75 Å². The summed E-state index contributed by atoms with van der Waals surface area (Å²) in [4.78, 5) is 14.1. The van der Waals surface area contributed by atoms with Crippen molar-refractivity contribution in [2.45, 2.75) is 13.0 Å².